The van der Waals surface area contributed by atoms with Gasteiger partial charge in [-0.25, -0.2) is 4.79 Å². The maximum Gasteiger partial charge on any atom is 0.343 e. The van der Waals surface area contributed by atoms with Gasteiger partial charge in [0, 0.05) is 5.92 Å². The van der Waals surface area contributed by atoms with Crippen LogP contribution in [-0.2, 0) is 19.9 Å². The number of ether oxygens (including phenoxy) is 2. The van der Waals surface area contributed by atoms with Crippen molar-refractivity contribution in [2.24, 2.45) is 5.92 Å². The van der Waals surface area contributed by atoms with E-state index < -0.39 is 5.60 Å². The van der Waals surface area contributed by atoms with Crippen LogP contribution < -0.4 is 0 Å². The first-order valence-electron chi connectivity index (χ1n) is 6.69. The lowest BCUT2D eigenvalue weighted by Gasteiger charge is -2.50. The van der Waals surface area contributed by atoms with Gasteiger partial charge in [-0.1, -0.05) is 36.8 Å². The molecule has 1 aliphatic heterocycles. The van der Waals surface area contributed by atoms with Crippen molar-refractivity contribution in [3.63, 3.8) is 0 Å². The zero-order valence-electron chi connectivity index (χ0n) is 10.6. The lowest BCUT2D eigenvalue weighted by molar-refractivity contribution is -0.261. The predicted octanol–water partition coefficient (Wildman–Crippen LogP) is 2.64. The van der Waals surface area contributed by atoms with Crippen LogP contribution in [0.5, 0.6) is 0 Å². The van der Waals surface area contributed by atoms with Gasteiger partial charge >= 0.3 is 5.97 Å². The maximum absolute atomic E-state index is 12.3. The molecule has 1 aromatic rings. The van der Waals surface area contributed by atoms with Crippen molar-refractivity contribution in [1.29, 1.82) is 0 Å². The molecule has 0 unspecified atom stereocenters. The fraction of sp³-hybridized carbons (Fsp3) is 0.533. The molecule has 0 radical (unpaired) electrons. The maximum atomic E-state index is 12.3. The molecule has 0 N–H and O–H groups in total. The van der Waals surface area contributed by atoms with Crippen LogP contribution in [0.1, 0.15) is 31.7 Å². The molecule has 1 heterocycles. The summed E-state index contributed by atoms with van der Waals surface area (Å²) in [6.45, 7) is 2.23. The Labute approximate surface area is 107 Å². The van der Waals surface area contributed by atoms with Crippen molar-refractivity contribution in [3.8, 4) is 0 Å². The number of esters is 1. The molecule has 3 rings (SSSR count). The number of hydrogen-bond donors (Lipinski definition) is 0. The summed E-state index contributed by atoms with van der Waals surface area (Å²) in [6.07, 6.45) is 3.51. The Balaban J connectivity index is 1.97. The first-order chi connectivity index (χ1) is 8.79. The van der Waals surface area contributed by atoms with Crippen molar-refractivity contribution < 1.29 is 14.3 Å². The highest BCUT2D eigenvalue weighted by Gasteiger charge is 2.63. The van der Waals surface area contributed by atoms with E-state index in [1.807, 2.05) is 37.3 Å². The van der Waals surface area contributed by atoms with Gasteiger partial charge in [0.15, 0.2) is 5.60 Å². The molecule has 3 nitrogen and oxygen atoms in total. The minimum Gasteiger partial charge on any atom is -0.464 e. The third-order valence-electron chi connectivity index (χ3n) is 4.09. The van der Waals surface area contributed by atoms with Gasteiger partial charge in [0.1, 0.15) is 0 Å². The summed E-state index contributed by atoms with van der Waals surface area (Å²) in [7, 11) is 0. The van der Waals surface area contributed by atoms with Gasteiger partial charge in [-0.05, 0) is 25.3 Å². The van der Waals surface area contributed by atoms with E-state index in [-0.39, 0.29) is 12.1 Å². The molecule has 3 atom stereocenters. The molecule has 96 valence electrons. The second-order valence-electron chi connectivity index (χ2n) is 5.02. The van der Waals surface area contributed by atoms with Crippen LogP contribution in [-0.4, -0.2) is 18.7 Å². The lowest BCUT2D eigenvalue weighted by atomic mass is 9.73. The quantitative estimate of drug-likeness (QED) is 0.769. The number of carbonyl (C=O) groups excluding carboxylic acids is 1. The molecule has 0 spiro atoms. The van der Waals surface area contributed by atoms with Crippen molar-refractivity contribution in [3.05, 3.63) is 35.9 Å². The molecule has 1 saturated heterocycles. The fourth-order valence-corrected chi connectivity index (χ4v) is 3.31. The molecule has 18 heavy (non-hydrogen) atoms. The summed E-state index contributed by atoms with van der Waals surface area (Å²) in [6, 6.07) is 9.77. The molecule has 1 aliphatic carbocycles. The molecule has 0 amide bonds. The lowest BCUT2D eigenvalue weighted by Crippen LogP contribution is -2.60. The Morgan fingerprint density at radius 1 is 1.39 bits per heavy atom. The van der Waals surface area contributed by atoms with E-state index in [0.29, 0.717) is 12.5 Å². The predicted molar refractivity (Wildman–Crippen MR) is 67.0 cm³/mol. The van der Waals surface area contributed by atoms with Gasteiger partial charge in [0.2, 0.25) is 0 Å². The zero-order valence-corrected chi connectivity index (χ0v) is 10.6. The summed E-state index contributed by atoms with van der Waals surface area (Å²) in [5.74, 6) is 0.0679. The van der Waals surface area contributed by atoms with Crippen LogP contribution in [0.4, 0.5) is 0 Å². The van der Waals surface area contributed by atoms with Crippen LogP contribution in [0.25, 0.3) is 0 Å². The summed E-state index contributed by atoms with van der Waals surface area (Å²) in [5, 5.41) is 0. The van der Waals surface area contributed by atoms with E-state index in [0.717, 1.165) is 24.8 Å². The molecular weight excluding hydrogens is 228 g/mol. The number of rotatable bonds is 3. The molecule has 3 heteroatoms. The van der Waals surface area contributed by atoms with Crippen LogP contribution in [0.15, 0.2) is 30.3 Å². The standard InChI is InChI=1S/C15H18O3/c1-2-17-14(16)15(11-7-4-3-5-8-11)12-9-6-10-13(12)18-15/h3-5,7-8,12-13H,2,6,9-10H2,1H3/t12-,13+,15+/m0/s1. The molecule has 0 aromatic heterocycles. The summed E-state index contributed by atoms with van der Waals surface area (Å²) in [5.41, 5.74) is 0.102. The normalized spacial score (nSPS) is 33.6. The molecular formula is C15H18O3. The average Bonchev–Trinajstić information content (AvgIpc) is 2.74. The Hall–Kier alpha value is -1.35. The fourth-order valence-electron chi connectivity index (χ4n) is 3.31. The second-order valence-corrected chi connectivity index (χ2v) is 5.02. The Morgan fingerprint density at radius 2 is 2.17 bits per heavy atom. The monoisotopic (exact) mass is 246 g/mol. The van der Waals surface area contributed by atoms with Crippen molar-refractivity contribution in [1.82, 2.24) is 0 Å². The highest BCUT2D eigenvalue weighted by molar-refractivity contribution is 5.83. The summed E-state index contributed by atoms with van der Waals surface area (Å²) >= 11 is 0. The second kappa shape index (κ2) is 4.39. The number of fused-ring (bicyclic) bond motifs is 1. The zero-order chi connectivity index (χ0) is 12.6. The van der Waals surface area contributed by atoms with Crippen molar-refractivity contribution in [2.75, 3.05) is 6.61 Å². The van der Waals surface area contributed by atoms with Crippen LogP contribution in [0.2, 0.25) is 0 Å². The van der Waals surface area contributed by atoms with Crippen molar-refractivity contribution >= 4 is 5.97 Å². The number of benzene rings is 1. The average molecular weight is 246 g/mol. The first-order valence-corrected chi connectivity index (χ1v) is 6.69. The SMILES string of the molecule is CCOC(=O)[C@]1(c2ccccc2)O[C@@H]2CCC[C@@H]21. The van der Waals surface area contributed by atoms with Crippen LogP contribution >= 0.6 is 0 Å². The Morgan fingerprint density at radius 3 is 2.83 bits per heavy atom. The van der Waals surface area contributed by atoms with Gasteiger partial charge in [0.05, 0.1) is 12.7 Å². The highest BCUT2D eigenvalue weighted by atomic mass is 16.6. The number of hydrogen-bond acceptors (Lipinski definition) is 3. The van der Waals surface area contributed by atoms with E-state index in [4.69, 9.17) is 9.47 Å². The first kappa shape index (κ1) is 11.7. The minimum absolute atomic E-state index is 0.223. The van der Waals surface area contributed by atoms with Crippen LogP contribution in [0, 0.1) is 5.92 Å². The third kappa shape index (κ3) is 1.50. The van der Waals surface area contributed by atoms with E-state index >= 15 is 0 Å². The summed E-state index contributed by atoms with van der Waals surface area (Å²) in [4.78, 5) is 12.3. The van der Waals surface area contributed by atoms with Gasteiger partial charge in [-0.3, -0.25) is 0 Å². The van der Waals surface area contributed by atoms with Crippen molar-refractivity contribution in [2.45, 2.75) is 37.9 Å². The Kier molecular flexibility index (Phi) is 2.86. The molecule has 1 saturated carbocycles. The van der Waals surface area contributed by atoms with Gasteiger partial charge in [-0.2, -0.15) is 0 Å². The molecule has 1 aromatic carbocycles. The van der Waals surface area contributed by atoms with Gasteiger partial charge in [-0.15, -0.1) is 0 Å². The van der Waals surface area contributed by atoms with Gasteiger partial charge < -0.3 is 9.47 Å². The van der Waals surface area contributed by atoms with Gasteiger partial charge in [0.25, 0.3) is 0 Å². The topological polar surface area (TPSA) is 35.5 Å². The van der Waals surface area contributed by atoms with E-state index in [1.165, 1.54) is 0 Å². The number of carbonyl (C=O) groups is 1. The smallest absolute Gasteiger partial charge is 0.343 e. The van der Waals surface area contributed by atoms with E-state index in [1.54, 1.807) is 0 Å². The minimum atomic E-state index is -0.835. The molecule has 0 bridgehead atoms. The molecule has 2 fully saturated rings. The summed E-state index contributed by atoms with van der Waals surface area (Å²) < 4.78 is 11.2. The molecule has 2 aliphatic rings. The highest BCUT2D eigenvalue weighted by Crippen LogP contribution is 2.55. The largest absolute Gasteiger partial charge is 0.464 e. The van der Waals surface area contributed by atoms with E-state index in [2.05, 4.69) is 0 Å². The third-order valence-corrected chi connectivity index (χ3v) is 4.09. The van der Waals surface area contributed by atoms with E-state index in [9.17, 15) is 4.79 Å². The van der Waals surface area contributed by atoms with Crippen LogP contribution in [0.3, 0.4) is 0 Å². The Bertz CT molecular complexity index is 442.